The van der Waals surface area contributed by atoms with Gasteiger partial charge in [-0.05, 0) is 49.8 Å². The molecule has 2 aromatic heterocycles. The lowest BCUT2D eigenvalue weighted by molar-refractivity contribution is -0.152. The molecule has 4 aromatic rings. The molecule has 3 heterocycles. The minimum absolute atomic E-state index is 0.0372. The Bertz CT molecular complexity index is 2000. The lowest BCUT2D eigenvalue weighted by atomic mass is 9.99. The Morgan fingerprint density at radius 3 is 2.16 bits per heavy atom. The Balaban J connectivity index is 1.35. The molecule has 332 valence electrons. The zero-order chi connectivity index (χ0) is 43.5. The molecule has 2 aromatic carbocycles. The number of aliphatic hydroxyl groups excluding tert-OH is 1. The first-order chi connectivity index (χ1) is 29.6. The summed E-state index contributed by atoms with van der Waals surface area (Å²) in [6.45, 7) is 3.80. The molecule has 0 aliphatic carbocycles. The maximum Gasteiger partial charge on any atom is 0.459 e. The smallest absolute Gasteiger partial charge is 0.459 e. The van der Waals surface area contributed by atoms with Gasteiger partial charge >= 0.3 is 19.8 Å². The Hall–Kier alpha value is -4.38. The molecule has 1 aliphatic heterocycles. The van der Waals surface area contributed by atoms with Gasteiger partial charge in [-0.3, -0.25) is 13.9 Å². The number of esters is 1. The Labute approximate surface area is 360 Å². The summed E-state index contributed by atoms with van der Waals surface area (Å²) in [5, 5.41) is 14.3. The first-order valence-electron chi connectivity index (χ1n) is 22.1. The summed E-state index contributed by atoms with van der Waals surface area (Å²) in [4.78, 5) is 25.9. The van der Waals surface area contributed by atoms with Gasteiger partial charge in [-0.2, -0.15) is 19.4 Å². The third kappa shape index (κ3) is 14.3. The van der Waals surface area contributed by atoms with Gasteiger partial charge in [0.1, 0.15) is 36.8 Å². The SMILES string of the molecule is C#C[C@]1(CO[P@@](=O)(N[C@@H](Cc2ccccc2)C(=O)OC(CCCCCCCCC)CCCCCCCCC)Oc2ccccc2)O[C@@H](n2cnc3c(N)nc(F)nc32)C[C@@H]1O. The molecule has 13 nitrogen and oxygen atoms in total. The number of fused-ring (bicyclic) bond motifs is 1. The molecule has 0 amide bonds. The predicted octanol–water partition coefficient (Wildman–Crippen LogP) is 9.80. The highest BCUT2D eigenvalue weighted by Gasteiger charge is 2.50. The molecule has 1 aliphatic rings. The number of unbranched alkanes of at least 4 members (excludes halogenated alkanes) is 12. The zero-order valence-corrected chi connectivity index (χ0v) is 36.7. The van der Waals surface area contributed by atoms with E-state index in [-0.39, 0.29) is 41.7 Å². The number of nitrogens with zero attached hydrogens (tertiary/aromatic N) is 4. The predicted molar refractivity (Wildman–Crippen MR) is 235 cm³/mol. The fourth-order valence-corrected chi connectivity index (χ4v) is 9.14. The average molecular weight is 863 g/mol. The number of terminal acetylenes is 1. The maximum atomic E-state index is 15.0. The van der Waals surface area contributed by atoms with Crippen LogP contribution in [0.5, 0.6) is 5.75 Å². The average Bonchev–Trinajstić information content (AvgIpc) is 3.83. The van der Waals surface area contributed by atoms with E-state index in [1.807, 2.05) is 30.3 Å². The van der Waals surface area contributed by atoms with Crippen molar-refractivity contribution in [2.75, 3.05) is 12.3 Å². The quantitative estimate of drug-likeness (QED) is 0.0162. The Morgan fingerprint density at radius 2 is 1.56 bits per heavy atom. The number of benzene rings is 2. The molecule has 0 radical (unpaired) electrons. The summed E-state index contributed by atoms with van der Waals surface area (Å²) in [6.07, 6.45) is 21.2. The van der Waals surface area contributed by atoms with Crippen LogP contribution in [-0.4, -0.2) is 61.1 Å². The number of imidazole rings is 1. The number of rotatable bonds is 28. The molecular formula is C46H64FN6O7P. The number of aliphatic hydroxyl groups is 1. The molecule has 4 N–H and O–H groups in total. The summed E-state index contributed by atoms with van der Waals surface area (Å²) < 4.78 is 55.3. The topological polar surface area (TPSA) is 173 Å². The van der Waals surface area contributed by atoms with Crippen molar-refractivity contribution in [3.8, 4) is 18.1 Å². The lowest BCUT2D eigenvalue weighted by Gasteiger charge is -2.30. The summed E-state index contributed by atoms with van der Waals surface area (Å²) in [6, 6.07) is 16.6. The van der Waals surface area contributed by atoms with Crippen LogP contribution < -0.4 is 15.3 Å². The molecule has 1 saturated heterocycles. The number of carbonyl (C=O) groups excluding carboxylic acids is 1. The van der Waals surface area contributed by atoms with Crippen LogP contribution in [0.2, 0.25) is 0 Å². The summed E-state index contributed by atoms with van der Waals surface area (Å²) in [5.41, 5.74) is 4.98. The highest BCUT2D eigenvalue weighted by atomic mass is 31.2. The maximum absolute atomic E-state index is 15.0. The molecule has 0 spiro atoms. The van der Waals surface area contributed by atoms with E-state index >= 15 is 4.57 Å². The molecular weight excluding hydrogens is 799 g/mol. The van der Waals surface area contributed by atoms with E-state index in [4.69, 9.17) is 30.7 Å². The number of hydrogen-bond donors (Lipinski definition) is 3. The first-order valence-corrected chi connectivity index (χ1v) is 23.6. The first kappa shape index (κ1) is 47.7. The van der Waals surface area contributed by atoms with Crippen molar-refractivity contribution < 1.29 is 37.4 Å². The third-order valence-corrected chi connectivity index (χ3v) is 12.7. The number of aromatic nitrogens is 4. The minimum atomic E-state index is -4.52. The number of anilines is 1. The zero-order valence-electron chi connectivity index (χ0n) is 35.8. The van der Waals surface area contributed by atoms with E-state index in [2.05, 4.69) is 39.8 Å². The Morgan fingerprint density at radius 1 is 0.967 bits per heavy atom. The number of carbonyl (C=O) groups is 1. The lowest BCUT2D eigenvalue weighted by Crippen LogP contribution is -2.45. The van der Waals surface area contributed by atoms with Crippen molar-refractivity contribution in [3.63, 3.8) is 0 Å². The highest BCUT2D eigenvalue weighted by molar-refractivity contribution is 7.52. The van der Waals surface area contributed by atoms with Crippen LogP contribution in [0.15, 0.2) is 67.0 Å². The number of nitrogen functional groups attached to an aromatic ring is 1. The van der Waals surface area contributed by atoms with Gasteiger partial charge in [0.25, 0.3) is 0 Å². The fourth-order valence-electron chi connectivity index (χ4n) is 7.62. The number of hydrogen-bond acceptors (Lipinski definition) is 11. The van der Waals surface area contributed by atoms with Crippen molar-refractivity contribution in [3.05, 3.63) is 78.6 Å². The molecule has 0 saturated carbocycles. The molecule has 61 heavy (non-hydrogen) atoms. The number of ether oxygens (including phenoxy) is 2. The number of nitrogens with one attached hydrogen (secondary N) is 1. The monoisotopic (exact) mass is 862 g/mol. The molecule has 5 atom stereocenters. The summed E-state index contributed by atoms with van der Waals surface area (Å²) in [5.74, 6) is 1.94. The van der Waals surface area contributed by atoms with E-state index in [1.54, 1.807) is 30.3 Å². The van der Waals surface area contributed by atoms with Crippen LogP contribution >= 0.6 is 7.75 Å². The standard InChI is InChI=1S/C46H64FN6O7P/c1-4-7-9-11-13-15-21-27-36(28-22-16-14-12-10-8-5-2)58-44(55)38(31-35-25-19-17-20-26-35)52-61(56,60-37-29-23-18-24-30-37)57-33-46(6-3)39(54)32-40(59-46)53-34-49-41-42(48)50-45(47)51-43(41)53/h3,17-20,23-26,29-30,34,36,38-40,54H,4-5,7-16,21-22,27-28,31-33H2,1-2H3,(H,52,56)(H2,48,50,51)/t38-,39-,40+,46+,61-/m0/s1. The van der Waals surface area contributed by atoms with E-state index in [1.165, 1.54) is 62.3 Å². The van der Waals surface area contributed by atoms with Crippen molar-refractivity contribution >= 4 is 30.7 Å². The van der Waals surface area contributed by atoms with Gasteiger partial charge in [0.15, 0.2) is 22.6 Å². The fraction of sp³-hybridized carbons (Fsp3) is 0.565. The van der Waals surface area contributed by atoms with E-state index < -0.39 is 50.4 Å². The third-order valence-electron chi connectivity index (χ3n) is 11.1. The van der Waals surface area contributed by atoms with Crippen LogP contribution in [0.4, 0.5) is 10.2 Å². The van der Waals surface area contributed by atoms with Crippen LogP contribution in [-0.2, 0) is 29.8 Å². The van der Waals surface area contributed by atoms with E-state index in [0.717, 1.165) is 56.9 Å². The molecule has 1 fully saturated rings. The van der Waals surface area contributed by atoms with Crippen LogP contribution in [0.1, 0.15) is 135 Å². The van der Waals surface area contributed by atoms with Crippen molar-refractivity contribution in [1.29, 1.82) is 0 Å². The molecule has 0 unspecified atom stereocenters. The second-order valence-corrected chi connectivity index (χ2v) is 17.7. The summed E-state index contributed by atoms with van der Waals surface area (Å²) in [7, 11) is -4.52. The summed E-state index contributed by atoms with van der Waals surface area (Å²) >= 11 is 0. The highest BCUT2D eigenvalue weighted by Crippen LogP contribution is 2.48. The van der Waals surface area contributed by atoms with E-state index in [9.17, 15) is 14.3 Å². The van der Waals surface area contributed by atoms with Crippen LogP contribution in [0, 0.1) is 18.4 Å². The van der Waals surface area contributed by atoms with Gasteiger partial charge < -0.3 is 24.8 Å². The van der Waals surface area contributed by atoms with Gasteiger partial charge in [0.05, 0.1) is 6.33 Å². The second kappa shape index (κ2) is 24.3. The Kier molecular flexibility index (Phi) is 19.0. The van der Waals surface area contributed by atoms with E-state index in [0.29, 0.717) is 0 Å². The van der Waals surface area contributed by atoms with Crippen LogP contribution in [0.25, 0.3) is 11.2 Å². The molecule has 0 bridgehead atoms. The second-order valence-electron chi connectivity index (χ2n) is 16.0. The van der Waals surface area contributed by atoms with Gasteiger partial charge in [-0.1, -0.05) is 145 Å². The molecule has 5 rings (SSSR count). The van der Waals surface area contributed by atoms with Crippen molar-refractivity contribution in [2.24, 2.45) is 0 Å². The molecule has 15 heteroatoms. The number of nitrogens with two attached hydrogens (primary N) is 1. The van der Waals surface area contributed by atoms with Crippen molar-refractivity contribution in [1.82, 2.24) is 24.6 Å². The van der Waals surface area contributed by atoms with Gasteiger partial charge in [-0.15, -0.1) is 6.42 Å². The number of halogens is 1. The van der Waals surface area contributed by atoms with Gasteiger partial charge in [0.2, 0.25) is 0 Å². The normalized spacial score (nSPS) is 19.1. The number of para-hydroxylation sites is 1. The minimum Gasteiger partial charge on any atom is -0.461 e. The van der Waals surface area contributed by atoms with Crippen molar-refractivity contribution in [2.45, 2.75) is 160 Å². The van der Waals surface area contributed by atoms with Gasteiger partial charge in [0, 0.05) is 6.42 Å². The largest absolute Gasteiger partial charge is 0.461 e. The van der Waals surface area contributed by atoms with Crippen LogP contribution in [0.3, 0.4) is 0 Å². The van der Waals surface area contributed by atoms with Gasteiger partial charge in [-0.25, -0.2) is 9.55 Å².